The smallest absolute Gasteiger partial charge is 0.433 e. The maximum absolute atomic E-state index is 12.3. The van der Waals surface area contributed by atoms with Crippen LogP contribution in [0.25, 0.3) is 0 Å². The number of hydrogen-bond donors (Lipinski definition) is 3. The third-order valence-corrected chi connectivity index (χ3v) is 1.67. The Morgan fingerprint density at radius 1 is 1.56 bits per heavy atom. The molecule has 0 spiro atoms. The van der Waals surface area contributed by atoms with E-state index in [4.69, 9.17) is 6.48 Å². The van der Waals surface area contributed by atoms with Crippen molar-refractivity contribution in [2.24, 2.45) is 0 Å². The summed E-state index contributed by atoms with van der Waals surface area (Å²) in [5.74, 6) is -3.47. The zero-order valence-electron chi connectivity index (χ0n) is 8.67. The largest absolute Gasteiger partial charge is 0.503 e. The van der Waals surface area contributed by atoms with Crippen LogP contribution in [0.15, 0.2) is 6.07 Å². The molecule has 1 aromatic rings. The lowest BCUT2D eigenvalue weighted by Crippen LogP contribution is -2.19. The number of alkyl halides is 3. The van der Waals surface area contributed by atoms with E-state index in [-0.39, 0.29) is 0 Å². The van der Waals surface area contributed by atoms with Crippen LogP contribution >= 0.6 is 0 Å². The van der Waals surface area contributed by atoms with Crippen molar-refractivity contribution in [3.8, 4) is 11.6 Å². The molecule has 0 unspecified atom stereocenters. The number of pyridine rings is 1. The van der Waals surface area contributed by atoms with Crippen LogP contribution in [0.2, 0.25) is 0 Å². The van der Waals surface area contributed by atoms with Crippen molar-refractivity contribution < 1.29 is 29.5 Å². The zero-order valence-corrected chi connectivity index (χ0v) is 7.67. The molecule has 1 heterocycles. The Kier molecular flexibility index (Phi) is 2.55. The van der Waals surface area contributed by atoms with Gasteiger partial charge in [0.15, 0.2) is 5.75 Å². The van der Waals surface area contributed by atoms with Gasteiger partial charge in [0, 0.05) is 8.39 Å². The van der Waals surface area contributed by atoms with E-state index in [0.29, 0.717) is 6.07 Å². The predicted octanol–water partition coefficient (Wildman–Crippen LogP) is 0.871. The van der Waals surface area contributed by atoms with E-state index >= 15 is 0 Å². The number of aromatic nitrogens is 1. The molecule has 0 aromatic carbocycles. The van der Waals surface area contributed by atoms with Crippen molar-refractivity contribution in [1.29, 1.82) is 0 Å². The Labute approximate surface area is 88.9 Å². The first-order valence-corrected chi connectivity index (χ1v) is 3.85. The maximum Gasteiger partial charge on any atom is 0.433 e. The van der Waals surface area contributed by atoms with E-state index in [1.54, 1.807) is 0 Å². The molecule has 0 atom stereocenters. The Hall–Kier alpha value is -1.99. The average molecular weight is 238 g/mol. The van der Waals surface area contributed by atoms with Crippen LogP contribution in [-0.2, 0) is 6.18 Å². The van der Waals surface area contributed by atoms with Crippen molar-refractivity contribution in [3.05, 3.63) is 17.3 Å². The number of nitrogens with one attached hydrogen (secondary N) is 1. The highest BCUT2D eigenvalue weighted by atomic mass is 19.4. The molecular weight excluding hydrogens is 229 g/mol. The van der Waals surface area contributed by atoms with Gasteiger partial charge in [0.1, 0.15) is 5.69 Å². The van der Waals surface area contributed by atoms with Gasteiger partial charge in [-0.25, -0.2) is 4.98 Å². The number of aromatic hydroxyl groups is 2. The molecule has 5 nitrogen and oxygen atoms in total. The summed E-state index contributed by atoms with van der Waals surface area (Å²) in [5, 5.41) is 20.0. The van der Waals surface area contributed by atoms with Crippen LogP contribution in [0.5, 0.6) is 11.6 Å². The van der Waals surface area contributed by atoms with Crippen molar-refractivity contribution in [3.63, 3.8) is 0 Å². The molecule has 0 radical (unpaired) electrons. The molecule has 3 N–H and O–H groups in total. The molecule has 1 rings (SSSR count). The average Bonchev–Trinajstić information content (AvgIpc) is 2.20. The number of carbonyl (C=O) groups is 1. The molecule has 0 aliphatic carbocycles. The van der Waals surface area contributed by atoms with E-state index in [2.05, 4.69) is 4.98 Å². The van der Waals surface area contributed by atoms with Gasteiger partial charge >= 0.3 is 6.18 Å². The summed E-state index contributed by atoms with van der Waals surface area (Å²) in [6, 6.07) is 0.292. The topological polar surface area (TPSA) is 82.5 Å². The molecule has 0 saturated heterocycles. The maximum atomic E-state index is 12.3. The van der Waals surface area contributed by atoms with Crippen molar-refractivity contribution in [1.82, 2.24) is 10.3 Å². The molecule has 88 valence electrons. The molecular formula is C8H7F3N2O3. The van der Waals surface area contributed by atoms with Crippen molar-refractivity contribution in [2.75, 3.05) is 7.02 Å². The molecule has 0 aliphatic heterocycles. The van der Waals surface area contributed by atoms with E-state index in [9.17, 15) is 23.1 Å². The van der Waals surface area contributed by atoms with Crippen LogP contribution in [0.4, 0.5) is 13.2 Å². The van der Waals surface area contributed by atoms with Gasteiger partial charge in [0.05, 0.1) is 5.56 Å². The summed E-state index contributed by atoms with van der Waals surface area (Å²) >= 11 is 0. The van der Waals surface area contributed by atoms with E-state index in [1.807, 2.05) is 5.32 Å². The number of halogens is 3. The highest BCUT2D eigenvalue weighted by molar-refractivity contribution is 5.97. The van der Waals surface area contributed by atoms with Gasteiger partial charge in [0.25, 0.3) is 11.8 Å². The molecule has 8 heteroatoms. The summed E-state index contributed by atoms with van der Waals surface area (Å²) in [5.41, 5.74) is -2.31. The van der Waals surface area contributed by atoms with Gasteiger partial charge in [-0.1, -0.05) is 0 Å². The van der Waals surface area contributed by atoms with Gasteiger partial charge in [-0.15, -0.1) is 0 Å². The minimum absolute atomic E-state index is 0.292. The number of rotatable bonds is 1. The van der Waals surface area contributed by atoms with Gasteiger partial charge in [0.2, 0.25) is 0 Å². The number of carbonyl (C=O) groups excluding carboxylic acids is 1. The van der Waals surface area contributed by atoms with Gasteiger partial charge in [-0.2, -0.15) is 13.2 Å². The number of nitrogens with zero attached hydrogens (tertiary/aromatic N) is 1. The molecule has 0 saturated carbocycles. The first-order valence-electron chi connectivity index (χ1n) is 4.55. The molecule has 0 aliphatic rings. The fourth-order valence-corrected chi connectivity index (χ4v) is 0.938. The number of amides is 1. The number of hydrogen-bond acceptors (Lipinski definition) is 4. The van der Waals surface area contributed by atoms with Crippen LogP contribution in [-0.4, -0.2) is 28.1 Å². The third kappa shape index (κ3) is 2.15. The lowest BCUT2D eigenvalue weighted by Gasteiger charge is -2.09. The Balaban J connectivity index is 3.30. The fourth-order valence-electron chi connectivity index (χ4n) is 0.938. The molecule has 16 heavy (non-hydrogen) atoms. The van der Waals surface area contributed by atoms with Crippen molar-refractivity contribution in [2.45, 2.75) is 6.18 Å². The van der Waals surface area contributed by atoms with Crippen LogP contribution in [0, 0.1) is 0 Å². The summed E-state index contributed by atoms with van der Waals surface area (Å²) < 4.78 is 43.6. The van der Waals surface area contributed by atoms with E-state index < -0.39 is 42.0 Å². The fraction of sp³-hybridized carbons (Fsp3) is 0.250. The minimum atomic E-state index is -4.86. The minimum Gasteiger partial charge on any atom is -0.503 e. The summed E-state index contributed by atoms with van der Waals surface area (Å²) in [7, 11) is -0.581. The Morgan fingerprint density at radius 3 is 2.69 bits per heavy atom. The second-order valence-electron chi connectivity index (χ2n) is 2.73. The second kappa shape index (κ2) is 3.87. The quantitative estimate of drug-likeness (QED) is 0.678. The standard InChI is InChI=1S/C8H7F3N2O3/c1-12-6(15)3-2-4(8(9,10)11)13-7(16)5(3)14/h2,14H,1H3,(H,12,15)(H,13,16)/i1T. The Bertz CT molecular complexity index is 450. The van der Waals surface area contributed by atoms with Crippen LogP contribution < -0.4 is 5.32 Å². The Morgan fingerprint density at radius 2 is 2.19 bits per heavy atom. The highest BCUT2D eigenvalue weighted by Crippen LogP contribution is 2.34. The lowest BCUT2D eigenvalue weighted by molar-refractivity contribution is -0.141. The second-order valence-corrected chi connectivity index (χ2v) is 2.73. The lowest BCUT2D eigenvalue weighted by atomic mass is 10.2. The van der Waals surface area contributed by atoms with Gasteiger partial charge in [-0.3, -0.25) is 4.79 Å². The first-order chi connectivity index (χ1) is 7.77. The van der Waals surface area contributed by atoms with Crippen LogP contribution in [0.3, 0.4) is 0 Å². The predicted molar refractivity (Wildman–Crippen MR) is 46.0 cm³/mol. The van der Waals surface area contributed by atoms with E-state index in [0.717, 1.165) is 0 Å². The summed E-state index contributed by atoms with van der Waals surface area (Å²) in [6.45, 7) is 0. The highest BCUT2D eigenvalue weighted by Gasteiger charge is 2.35. The van der Waals surface area contributed by atoms with Crippen LogP contribution in [0.1, 0.15) is 17.4 Å². The molecule has 1 amide bonds. The summed E-state index contributed by atoms with van der Waals surface area (Å²) in [6.07, 6.45) is -4.86. The monoisotopic (exact) mass is 238 g/mol. The SMILES string of the molecule is [3H]CNC(=O)c1cc(C(F)(F)F)nc(O)c1O. The van der Waals surface area contributed by atoms with Crippen molar-refractivity contribution >= 4 is 5.91 Å². The zero-order chi connectivity index (χ0) is 13.2. The first kappa shape index (κ1) is 10.5. The van der Waals surface area contributed by atoms with Gasteiger partial charge < -0.3 is 15.5 Å². The molecule has 1 aromatic heterocycles. The summed E-state index contributed by atoms with van der Waals surface area (Å²) in [4.78, 5) is 13.9. The van der Waals surface area contributed by atoms with E-state index in [1.165, 1.54) is 0 Å². The molecule has 0 fully saturated rings. The molecule has 0 bridgehead atoms. The third-order valence-electron chi connectivity index (χ3n) is 1.67. The van der Waals surface area contributed by atoms with Gasteiger partial charge in [-0.05, 0) is 6.07 Å². The normalized spacial score (nSPS) is 12.1.